The number of likely N-dealkylation sites (N-methyl/N-ethyl adjacent to an activating group) is 1. The topological polar surface area (TPSA) is 78.1 Å². The first-order valence-corrected chi connectivity index (χ1v) is 12.3. The molecule has 2 aromatic heterocycles. The molecule has 7 heteroatoms. The molecule has 0 aliphatic rings. The lowest BCUT2D eigenvalue weighted by atomic mass is 10.0. The van der Waals surface area contributed by atoms with Crippen molar-refractivity contribution in [3.8, 4) is 0 Å². The highest BCUT2D eigenvalue weighted by atomic mass is 32.1. The fraction of sp³-hybridized carbons (Fsp3) is 0.296. The molecule has 0 aliphatic heterocycles. The molecule has 4 rings (SSSR count). The summed E-state index contributed by atoms with van der Waals surface area (Å²) >= 11 is 1.27. The van der Waals surface area contributed by atoms with Crippen LogP contribution >= 0.6 is 11.3 Å². The number of aromatic amines is 1. The number of amides is 1. The molecule has 4 aromatic rings. The van der Waals surface area contributed by atoms with Gasteiger partial charge in [0.2, 0.25) is 0 Å². The van der Waals surface area contributed by atoms with Crippen LogP contribution in [-0.2, 0) is 12.8 Å². The molecular weight excluding hydrogens is 444 g/mol. The van der Waals surface area contributed by atoms with Gasteiger partial charge in [-0.1, -0.05) is 61.5 Å². The highest BCUT2D eigenvalue weighted by molar-refractivity contribution is 7.20. The number of carbonyl (C=O) groups excluding carboxylic acids is 1. The van der Waals surface area contributed by atoms with E-state index in [1.165, 1.54) is 16.9 Å². The summed E-state index contributed by atoms with van der Waals surface area (Å²) in [6.07, 6.45) is 1.53. The molecule has 6 nitrogen and oxygen atoms in total. The van der Waals surface area contributed by atoms with Crippen LogP contribution in [0, 0.1) is 6.92 Å². The van der Waals surface area contributed by atoms with Crippen LogP contribution in [0.3, 0.4) is 0 Å². The molecule has 0 aliphatic carbocycles. The van der Waals surface area contributed by atoms with Crippen molar-refractivity contribution >= 4 is 27.5 Å². The van der Waals surface area contributed by atoms with Crippen LogP contribution in [-0.4, -0.2) is 41.4 Å². The van der Waals surface area contributed by atoms with Gasteiger partial charge in [0.15, 0.2) is 0 Å². The molecule has 2 N–H and O–H groups in total. The molecule has 2 heterocycles. The Labute approximate surface area is 203 Å². The summed E-state index contributed by atoms with van der Waals surface area (Å²) in [6, 6.07) is 18.4. The SMILES string of the molecule is CCc1ccc(C(CNC(=O)c2sc3nc(Cc4ccccc4)[nH]c(=O)c3c2C)N(C)C)cc1. The Kier molecular flexibility index (Phi) is 7.24. The largest absolute Gasteiger partial charge is 0.349 e. The van der Waals surface area contributed by atoms with E-state index in [0.29, 0.717) is 39.4 Å². The maximum Gasteiger partial charge on any atom is 0.261 e. The summed E-state index contributed by atoms with van der Waals surface area (Å²) in [5, 5.41) is 3.56. The standard InChI is InChI=1S/C27H30N4O2S/c1-5-18-11-13-20(14-12-18)21(31(3)4)16-28-26(33)24-17(2)23-25(32)29-22(30-27(23)34-24)15-19-9-7-6-8-10-19/h6-14,21H,5,15-16H2,1-4H3,(H,28,33)(H,29,30,32). The molecule has 0 bridgehead atoms. The molecule has 0 saturated carbocycles. The number of nitrogens with zero attached hydrogens (tertiary/aromatic N) is 2. The summed E-state index contributed by atoms with van der Waals surface area (Å²) in [5.74, 6) is 0.418. The third-order valence-electron chi connectivity index (χ3n) is 6.12. The zero-order valence-electron chi connectivity index (χ0n) is 20.0. The van der Waals surface area contributed by atoms with Crippen molar-refractivity contribution in [3.05, 3.63) is 97.9 Å². The second-order valence-electron chi connectivity index (χ2n) is 8.70. The monoisotopic (exact) mass is 474 g/mol. The summed E-state index contributed by atoms with van der Waals surface area (Å²) in [6.45, 7) is 4.42. The summed E-state index contributed by atoms with van der Waals surface area (Å²) < 4.78 is 0. The highest BCUT2D eigenvalue weighted by Gasteiger charge is 2.21. The van der Waals surface area contributed by atoms with Gasteiger partial charge >= 0.3 is 0 Å². The zero-order valence-corrected chi connectivity index (χ0v) is 20.8. The average Bonchev–Trinajstić information content (AvgIpc) is 3.16. The van der Waals surface area contributed by atoms with Gasteiger partial charge in [-0.25, -0.2) is 4.98 Å². The number of aryl methyl sites for hydroxylation is 2. The molecule has 0 radical (unpaired) electrons. The highest BCUT2D eigenvalue weighted by Crippen LogP contribution is 2.27. The van der Waals surface area contributed by atoms with Gasteiger partial charge in [-0.05, 0) is 49.7 Å². The van der Waals surface area contributed by atoms with Gasteiger partial charge in [-0.15, -0.1) is 11.3 Å². The number of fused-ring (bicyclic) bond motifs is 1. The van der Waals surface area contributed by atoms with Crippen molar-refractivity contribution in [2.24, 2.45) is 0 Å². The molecule has 1 atom stereocenters. The number of hydrogen-bond donors (Lipinski definition) is 2. The van der Waals surface area contributed by atoms with Crippen molar-refractivity contribution < 1.29 is 4.79 Å². The average molecular weight is 475 g/mol. The van der Waals surface area contributed by atoms with E-state index >= 15 is 0 Å². The normalized spacial score (nSPS) is 12.3. The molecule has 2 aromatic carbocycles. The summed E-state index contributed by atoms with van der Waals surface area (Å²) in [7, 11) is 4.01. The van der Waals surface area contributed by atoms with E-state index < -0.39 is 0 Å². The van der Waals surface area contributed by atoms with Crippen LogP contribution in [0.15, 0.2) is 59.4 Å². The predicted molar refractivity (Wildman–Crippen MR) is 139 cm³/mol. The lowest BCUT2D eigenvalue weighted by molar-refractivity contribution is 0.0945. The van der Waals surface area contributed by atoms with Crippen molar-refractivity contribution in [2.75, 3.05) is 20.6 Å². The molecular formula is C27H30N4O2S. The summed E-state index contributed by atoms with van der Waals surface area (Å²) in [4.78, 5) is 36.7. The lowest BCUT2D eigenvalue weighted by Gasteiger charge is -2.25. The van der Waals surface area contributed by atoms with Gasteiger partial charge in [-0.3, -0.25) is 9.59 Å². The number of benzene rings is 2. The van der Waals surface area contributed by atoms with E-state index in [4.69, 9.17) is 0 Å². The second kappa shape index (κ2) is 10.3. The van der Waals surface area contributed by atoms with Crippen LogP contribution in [0.5, 0.6) is 0 Å². The minimum atomic E-state index is -0.203. The number of hydrogen-bond acceptors (Lipinski definition) is 5. The van der Waals surface area contributed by atoms with Gasteiger partial charge in [0.1, 0.15) is 10.7 Å². The second-order valence-corrected chi connectivity index (χ2v) is 9.69. The van der Waals surface area contributed by atoms with Gasteiger partial charge in [0.05, 0.1) is 16.3 Å². The molecule has 1 unspecified atom stereocenters. The number of rotatable bonds is 8. The first-order valence-electron chi connectivity index (χ1n) is 11.5. The van der Waals surface area contributed by atoms with E-state index in [0.717, 1.165) is 17.5 Å². The third-order valence-corrected chi connectivity index (χ3v) is 7.31. The van der Waals surface area contributed by atoms with E-state index in [9.17, 15) is 9.59 Å². The quantitative estimate of drug-likeness (QED) is 0.395. The first kappa shape index (κ1) is 23.9. The van der Waals surface area contributed by atoms with Gasteiger partial charge in [-0.2, -0.15) is 0 Å². The lowest BCUT2D eigenvalue weighted by Crippen LogP contribution is -2.34. The van der Waals surface area contributed by atoms with Crippen LogP contribution in [0.2, 0.25) is 0 Å². The zero-order chi connectivity index (χ0) is 24.2. The predicted octanol–water partition coefficient (Wildman–Crippen LogP) is 4.48. The number of thiophene rings is 1. The van der Waals surface area contributed by atoms with Crippen LogP contribution in [0.25, 0.3) is 10.2 Å². The summed E-state index contributed by atoms with van der Waals surface area (Å²) in [5.41, 5.74) is 3.98. The van der Waals surface area contributed by atoms with Crippen molar-refractivity contribution in [3.63, 3.8) is 0 Å². The van der Waals surface area contributed by atoms with Gasteiger partial charge < -0.3 is 15.2 Å². The van der Waals surface area contributed by atoms with Crippen molar-refractivity contribution in [1.29, 1.82) is 0 Å². The Bertz CT molecular complexity index is 1340. The third kappa shape index (κ3) is 5.11. The van der Waals surface area contributed by atoms with Crippen molar-refractivity contribution in [1.82, 2.24) is 20.2 Å². The van der Waals surface area contributed by atoms with Gasteiger partial charge in [0, 0.05) is 13.0 Å². The Hall–Kier alpha value is -3.29. The smallest absolute Gasteiger partial charge is 0.261 e. The maximum atomic E-state index is 13.1. The van der Waals surface area contributed by atoms with E-state index in [-0.39, 0.29) is 17.5 Å². The fourth-order valence-electron chi connectivity index (χ4n) is 4.12. The molecule has 0 spiro atoms. The Morgan fingerprint density at radius 2 is 1.79 bits per heavy atom. The Morgan fingerprint density at radius 1 is 1.09 bits per heavy atom. The van der Waals surface area contributed by atoms with Gasteiger partial charge in [0.25, 0.3) is 11.5 Å². The Balaban J connectivity index is 1.55. The van der Waals surface area contributed by atoms with Crippen LogP contribution in [0.1, 0.15) is 50.7 Å². The number of nitrogens with one attached hydrogen (secondary N) is 2. The molecule has 176 valence electrons. The van der Waals surface area contributed by atoms with Crippen LogP contribution in [0.4, 0.5) is 0 Å². The van der Waals surface area contributed by atoms with E-state index in [2.05, 4.69) is 51.4 Å². The fourth-order valence-corrected chi connectivity index (χ4v) is 5.24. The molecule has 1 amide bonds. The molecule has 0 saturated heterocycles. The van der Waals surface area contributed by atoms with Crippen LogP contribution < -0.4 is 10.9 Å². The van der Waals surface area contributed by atoms with Crippen molar-refractivity contribution in [2.45, 2.75) is 32.7 Å². The number of aromatic nitrogens is 2. The van der Waals surface area contributed by atoms with E-state index in [1.807, 2.05) is 51.4 Å². The van der Waals surface area contributed by atoms with E-state index in [1.54, 1.807) is 0 Å². The minimum absolute atomic E-state index is 0.0449. The molecule has 34 heavy (non-hydrogen) atoms. The first-order chi connectivity index (χ1) is 16.4. The maximum absolute atomic E-state index is 13.1. The Morgan fingerprint density at radius 3 is 2.44 bits per heavy atom. The molecule has 0 fully saturated rings. The minimum Gasteiger partial charge on any atom is -0.349 e. The number of H-pyrrole nitrogens is 1. The number of carbonyl (C=O) groups is 1.